The first kappa shape index (κ1) is 12.1. The molecule has 0 unspecified atom stereocenters. The summed E-state index contributed by atoms with van der Waals surface area (Å²) >= 11 is 6.20. The van der Waals surface area contributed by atoms with Gasteiger partial charge in [0.1, 0.15) is 17.1 Å². The maximum Gasteiger partial charge on any atom is 0.138 e. The third kappa shape index (κ3) is 2.17. The lowest BCUT2D eigenvalue weighted by atomic mass is 10.1. The summed E-state index contributed by atoms with van der Waals surface area (Å²) in [5.74, 6) is 1.53. The highest BCUT2D eigenvalue weighted by molar-refractivity contribution is 6.35. The number of nitrogens with zero attached hydrogens (tertiary/aromatic N) is 1. The van der Waals surface area contributed by atoms with Crippen molar-refractivity contribution in [2.24, 2.45) is 0 Å². The molecule has 0 atom stereocenters. The van der Waals surface area contributed by atoms with Gasteiger partial charge in [-0.25, -0.2) is 4.98 Å². The number of hydrogen-bond donors (Lipinski definition) is 1. The number of H-pyrrole nitrogens is 1. The average molecular weight is 273 g/mol. The van der Waals surface area contributed by atoms with E-state index in [9.17, 15) is 0 Å². The Labute approximate surface area is 116 Å². The fourth-order valence-electron chi connectivity index (χ4n) is 2.02. The molecule has 3 nitrogen and oxygen atoms in total. The molecule has 0 radical (unpaired) electrons. The molecule has 1 heterocycles. The second-order valence-electron chi connectivity index (χ2n) is 4.46. The molecule has 0 spiro atoms. The standard InChI is InChI=1S/C15H13ClN2O/c1-9-3-5-10(6-4-9)15-17-13-8-11(19-2)7-12(16)14(13)18-15/h3-8H,1-2H3,(H,17,18). The van der Waals surface area contributed by atoms with Gasteiger partial charge in [-0.05, 0) is 6.92 Å². The number of aryl methyl sites for hydroxylation is 1. The summed E-state index contributed by atoms with van der Waals surface area (Å²) < 4.78 is 5.20. The Hall–Kier alpha value is -2.00. The van der Waals surface area contributed by atoms with E-state index in [1.165, 1.54) is 5.56 Å². The molecule has 3 aromatic rings. The molecule has 1 N–H and O–H groups in total. The van der Waals surface area contributed by atoms with Gasteiger partial charge in [-0.1, -0.05) is 41.4 Å². The van der Waals surface area contributed by atoms with Crippen LogP contribution in [0.4, 0.5) is 0 Å². The topological polar surface area (TPSA) is 37.9 Å². The number of aromatic amines is 1. The summed E-state index contributed by atoms with van der Waals surface area (Å²) in [4.78, 5) is 7.82. The first-order chi connectivity index (χ1) is 9.17. The minimum Gasteiger partial charge on any atom is -0.497 e. The summed E-state index contributed by atoms with van der Waals surface area (Å²) in [7, 11) is 1.62. The van der Waals surface area contributed by atoms with E-state index in [4.69, 9.17) is 16.3 Å². The van der Waals surface area contributed by atoms with E-state index in [1.54, 1.807) is 13.2 Å². The number of aromatic nitrogens is 2. The smallest absolute Gasteiger partial charge is 0.138 e. The van der Waals surface area contributed by atoms with Gasteiger partial charge in [0, 0.05) is 17.7 Å². The van der Waals surface area contributed by atoms with Crippen molar-refractivity contribution in [2.75, 3.05) is 7.11 Å². The first-order valence-corrected chi connectivity index (χ1v) is 6.35. The van der Waals surface area contributed by atoms with Crippen molar-refractivity contribution >= 4 is 22.6 Å². The van der Waals surface area contributed by atoms with E-state index < -0.39 is 0 Å². The normalized spacial score (nSPS) is 10.9. The largest absolute Gasteiger partial charge is 0.497 e. The maximum atomic E-state index is 6.20. The fourth-order valence-corrected chi connectivity index (χ4v) is 2.27. The SMILES string of the molecule is COc1cc(Cl)c2nc(-c3ccc(C)cc3)[nH]c2c1. The summed E-state index contributed by atoms with van der Waals surface area (Å²) in [6.45, 7) is 2.06. The Bertz CT molecular complexity index is 732. The van der Waals surface area contributed by atoms with Crippen LogP contribution in [0.5, 0.6) is 5.75 Å². The predicted molar refractivity (Wildman–Crippen MR) is 77.8 cm³/mol. The molecular formula is C15H13ClN2O. The number of fused-ring (bicyclic) bond motifs is 1. The van der Waals surface area contributed by atoms with Crippen LogP contribution in [0.2, 0.25) is 5.02 Å². The van der Waals surface area contributed by atoms with Crippen LogP contribution in [-0.2, 0) is 0 Å². The molecule has 3 rings (SSSR count). The molecule has 19 heavy (non-hydrogen) atoms. The van der Waals surface area contributed by atoms with Gasteiger partial charge in [-0.3, -0.25) is 0 Å². The Morgan fingerprint density at radius 1 is 1.16 bits per heavy atom. The van der Waals surface area contributed by atoms with Crippen molar-refractivity contribution < 1.29 is 4.74 Å². The second-order valence-corrected chi connectivity index (χ2v) is 4.86. The molecule has 0 aliphatic heterocycles. The first-order valence-electron chi connectivity index (χ1n) is 5.97. The van der Waals surface area contributed by atoms with Crippen LogP contribution in [0.15, 0.2) is 36.4 Å². The van der Waals surface area contributed by atoms with Crippen LogP contribution < -0.4 is 4.74 Å². The third-order valence-corrected chi connectivity index (χ3v) is 3.36. The lowest BCUT2D eigenvalue weighted by Gasteiger charge is -1.99. The molecule has 0 aliphatic rings. The van der Waals surface area contributed by atoms with Gasteiger partial charge in [0.2, 0.25) is 0 Å². The minimum atomic E-state index is 0.587. The number of ether oxygens (including phenoxy) is 1. The zero-order chi connectivity index (χ0) is 13.4. The van der Waals surface area contributed by atoms with Gasteiger partial charge in [-0.15, -0.1) is 0 Å². The minimum absolute atomic E-state index is 0.587. The number of methoxy groups -OCH3 is 1. The molecule has 0 saturated heterocycles. The number of rotatable bonds is 2. The number of benzene rings is 2. The van der Waals surface area contributed by atoms with E-state index in [0.717, 1.165) is 28.2 Å². The highest BCUT2D eigenvalue weighted by Gasteiger charge is 2.10. The lowest BCUT2D eigenvalue weighted by molar-refractivity contribution is 0.415. The lowest BCUT2D eigenvalue weighted by Crippen LogP contribution is -1.82. The summed E-state index contributed by atoms with van der Waals surface area (Å²) in [6, 6.07) is 11.9. The van der Waals surface area contributed by atoms with E-state index in [1.807, 2.05) is 18.2 Å². The van der Waals surface area contributed by atoms with Crippen LogP contribution in [0.3, 0.4) is 0 Å². The molecule has 2 aromatic carbocycles. The van der Waals surface area contributed by atoms with Crippen molar-refractivity contribution in [2.45, 2.75) is 6.92 Å². The van der Waals surface area contributed by atoms with Crippen LogP contribution in [0, 0.1) is 6.92 Å². The summed E-state index contributed by atoms with van der Waals surface area (Å²) in [5.41, 5.74) is 3.90. The van der Waals surface area contributed by atoms with Gasteiger partial charge in [0.25, 0.3) is 0 Å². The van der Waals surface area contributed by atoms with Crippen molar-refractivity contribution in [1.29, 1.82) is 0 Å². The van der Waals surface area contributed by atoms with Crippen LogP contribution >= 0.6 is 11.6 Å². The highest BCUT2D eigenvalue weighted by atomic mass is 35.5. The van der Waals surface area contributed by atoms with Crippen molar-refractivity contribution in [3.63, 3.8) is 0 Å². The molecule has 0 aliphatic carbocycles. The van der Waals surface area contributed by atoms with E-state index >= 15 is 0 Å². The van der Waals surface area contributed by atoms with Crippen LogP contribution in [-0.4, -0.2) is 17.1 Å². The van der Waals surface area contributed by atoms with Crippen molar-refractivity contribution in [3.8, 4) is 17.1 Å². The van der Waals surface area contributed by atoms with E-state index in [2.05, 4.69) is 29.0 Å². The summed E-state index contributed by atoms with van der Waals surface area (Å²) in [5, 5.41) is 0.587. The number of halogens is 1. The zero-order valence-corrected chi connectivity index (χ0v) is 11.5. The molecular weight excluding hydrogens is 260 g/mol. The van der Waals surface area contributed by atoms with Crippen LogP contribution in [0.1, 0.15) is 5.56 Å². The Kier molecular flexibility index (Phi) is 2.91. The average Bonchev–Trinajstić information content (AvgIpc) is 2.84. The van der Waals surface area contributed by atoms with E-state index in [0.29, 0.717) is 5.02 Å². The molecule has 0 saturated carbocycles. The number of imidazole rings is 1. The zero-order valence-electron chi connectivity index (χ0n) is 10.7. The van der Waals surface area contributed by atoms with Crippen LogP contribution in [0.25, 0.3) is 22.4 Å². The molecule has 96 valence electrons. The summed E-state index contributed by atoms with van der Waals surface area (Å²) in [6.07, 6.45) is 0. The quantitative estimate of drug-likeness (QED) is 0.759. The number of nitrogens with one attached hydrogen (secondary N) is 1. The van der Waals surface area contributed by atoms with Gasteiger partial charge in [-0.2, -0.15) is 0 Å². The maximum absolute atomic E-state index is 6.20. The second kappa shape index (κ2) is 4.59. The fraction of sp³-hybridized carbons (Fsp3) is 0.133. The highest BCUT2D eigenvalue weighted by Crippen LogP contribution is 2.30. The Balaban J connectivity index is 2.16. The monoisotopic (exact) mass is 272 g/mol. The molecule has 4 heteroatoms. The third-order valence-electron chi connectivity index (χ3n) is 3.07. The van der Waals surface area contributed by atoms with Gasteiger partial charge in [0.15, 0.2) is 0 Å². The molecule has 0 amide bonds. The van der Waals surface area contributed by atoms with Gasteiger partial charge >= 0.3 is 0 Å². The Morgan fingerprint density at radius 2 is 1.89 bits per heavy atom. The van der Waals surface area contributed by atoms with Gasteiger partial charge in [0.05, 0.1) is 17.6 Å². The predicted octanol–water partition coefficient (Wildman–Crippen LogP) is 4.20. The Morgan fingerprint density at radius 3 is 2.58 bits per heavy atom. The molecule has 1 aromatic heterocycles. The molecule has 0 fully saturated rings. The van der Waals surface area contributed by atoms with E-state index in [-0.39, 0.29) is 0 Å². The van der Waals surface area contributed by atoms with Crippen molar-refractivity contribution in [3.05, 3.63) is 47.0 Å². The molecule has 0 bridgehead atoms. The number of hydrogen-bond acceptors (Lipinski definition) is 2. The van der Waals surface area contributed by atoms with Crippen molar-refractivity contribution in [1.82, 2.24) is 9.97 Å². The van der Waals surface area contributed by atoms with Gasteiger partial charge < -0.3 is 9.72 Å².